The Morgan fingerprint density at radius 3 is 2.24 bits per heavy atom. The van der Waals surface area contributed by atoms with Crippen LogP contribution in [0, 0.1) is 0 Å². The second-order valence-corrected chi connectivity index (χ2v) is 8.62. The van der Waals surface area contributed by atoms with E-state index < -0.39 is 0 Å². The predicted octanol–water partition coefficient (Wildman–Crippen LogP) is 8.02. The summed E-state index contributed by atoms with van der Waals surface area (Å²) >= 11 is 1.31. The van der Waals surface area contributed by atoms with E-state index >= 15 is 0 Å². The highest BCUT2D eigenvalue weighted by Crippen LogP contribution is 2.24. The van der Waals surface area contributed by atoms with Gasteiger partial charge in [-0.05, 0) is 44.2 Å². The van der Waals surface area contributed by atoms with Gasteiger partial charge < -0.3 is 4.42 Å². The Hall–Kier alpha value is -1.75. The van der Waals surface area contributed by atoms with Crippen LogP contribution < -0.4 is 0 Å². The van der Waals surface area contributed by atoms with E-state index in [1.807, 2.05) is 12.1 Å². The molecule has 2 rings (SSSR count). The molecule has 2 aromatic heterocycles. The van der Waals surface area contributed by atoms with Gasteiger partial charge in [-0.1, -0.05) is 81.8 Å². The van der Waals surface area contributed by atoms with E-state index in [1.165, 1.54) is 82.0 Å². The number of ketones is 1. The molecule has 160 valence electrons. The van der Waals surface area contributed by atoms with E-state index in [0.717, 1.165) is 12.8 Å². The molecule has 0 fully saturated rings. The van der Waals surface area contributed by atoms with Crippen LogP contribution in [0.2, 0.25) is 0 Å². The number of hydrogen-bond donors (Lipinski definition) is 0. The number of carbonyl (C=O) groups is 1. The molecular formula is C24H36N2O2S. The van der Waals surface area contributed by atoms with Crippen LogP contribution >= 0.6 is 11.3 Å². The number of Topliss-reactive ketones (excluding diaryl/α,β-unsaturated/α-hetero) is 1. The topological polar surface area (TPSA) is 56.0 Å². The number of aromatic nitrogens is 2. The Balaban J connectivity index is 1.42. The molecule has 0 saturated carbocycles. The molecule has 0 N–H and O–H groups in total. The highest BCUT2D eigenvalue weighted by atomic mass is 32.1. The van der Waals surface area contributed by atoms with Crippen molar-refractivity contribution in [2.24, 2.45) is 0 Å². The molecule has 29 heavy (non-hydrogen) atoms. The zero-order chi connectivity index (χ0) is 20.6. The first-order chi connectivity index (χ1) is 14.3. The monoisotopic (exact) mass is 416 g/mol. The van der Waals surface area contributed by atoms with Crippen LogP contribution in [0.4, 0.5) is 0 Å². The maximum Gasteiger partial charge on any atom is 0.193 e. The van der Waals surface area contributed by atoms with Crippen LogP contribution in [-0.2, 0) is 0 Å². The third-order valence-electron chi connectivity index (χ3n) is 5.06. The fourth-order valence-corrected chi connectivity index (χ4v) is 4.08. The van der Waals surface area contributed by atoms with Gasteiger partial charge in [0.2, 0.25) is 0 Å². The highest BCUT2D eigenvalue weighted by molar-refractivity contribution is 7.16. The lowest BCUT2D eigenvalue weighted by Gasteiger charge is -2.00. The summed E-state index contributed by atoms with van der Waals surface area (Å²) in [5.41, 5.74) is 0. The largest absolute Gasteiger partial charge is 0.462 e. The van der Waals surface area contributed by atoms with Crippen LogP contribution in [0.5, 0.6) is 0 Å². The second kappa shape index (κ2) is 15.1. The molecule has 0 bridgehead atoms. The minimum absolute atomic E-state index is 0.0953. The van der Waals surface area contributed by atoms with Gasteiger partial charge in [0.05, 0.1) is 6.26 Å². The van der Waals surface area contributed by atoms with E-state index in [2.05, 4.69) is 29.3 Å². The average molecular weight is 417 g/mol. The Morgan fingerprint density at radius 2 is 1.59 bits per heavy atom. The van der Waals surface area contributed by atoms with Crippen molar-refractivity contribution >= 4 is 17.1 Å². The van der Waals surface area contributed by atoms with Crippen molar-refractivity contribution in [2.75, 3.05) is 0 Å². The quantitative estimate of drug-likeness (QED) is 0.149. The predicted molar refractivity (Wildman–Crippen MR) is 121 cm³/mol. The normalized spacial score (nSPS) is 11.5. The minimum atomic E-state index is 0.0953. The van der Waals surface area contributed by atoms with Crippen LogP contribution in [0.1, 0.15) is 107 Å². The van der Waals surface area contributed by atoms with Gasteiger partial charge in [0, 0.05) is 6.42 Å². The van der Waals surface area contributed by atoms with Crippen molar-refractivity contribution in [1.82, 2.24) is 10.2 Å². The van der Waals surface area contributed by atoms with Gasteiger partial charge in [0.25, 0.3) is 0 Å². The van der Waals surface area contributed by atoms with Crippen molar-refractivity contribution in [3.63, 3.8) is 0 Å². The highest BCUT2D eigenvalue weighted by Gasteiger charge is 2.14. The SMILES string of the molecule is CCCCCCCCC=CCCCCCCCC(=O)c1nnc(-c2ccco2)s1. The lowest BCUT2D eigenvalue weighted by atomic mass is 10.1. The van der Waals surface area contributed by atoms with Crippen LogP contribution in [0.25, 0.3) is 10.8 Å². The average Bonchev–Trinajstić information content (AvgIpc) is 3.42. The Labute approximate surface area is 179 Å². The summed E-state index contributed by atoms with van der Waals surface area (Å²) in [7, 11) is 0. The number of furan rings is 1. The summed E-state index contributed by atoms with van der Waals surface area (Å²) in [4.78, 5) is 12.2. The first-order valence-electron chi connectivity index (χ1n) is 11.4. The summed E-state index contributed by atoms with van der Waals surface area (Å²) in [6, 6.07) is 3.64. The molecule has 0 aliphatic rings. The van der Waals surface area contributed by atoms with Crippen LogP contribution in [0.15, 0.2) is 35.0 Å². The number of rotatable bonds is 17. The maximum absolute atomic E-state index is 12.2. The maximum atomic E-state index is 12.2. The molecule has 2 aromatic rings. The number of nitrogens with zero attached hydrogens (tertiary/aromatic N) is 2. The lowest BCUT2D eigenvalue weighted by Crippen LogP contribution is -1.98. The third kappa shape index (κ3) is 10.0. The van der Waals surface area contributed by atoms with Gasteiger partial charge in [-0.2, -0.15) is 0 Å². The zero-order valence-electron chi connectivity index (χ0n) is 17.9. The molecule has 4 nitrogen and oxygen atoms in total. The van der Waals surface area contributed by atoms with Gasteiger partial charge in [0.1, 0.15) is 0 Å². The Kier molecular flexibility index (Phi) is 12.3. The summed E-state index contributed by atoms with van der Waals surface area (Å²) in [6.07, 6.45) is 23.3. The number of hydrogen-bond acceptors (Lipinski definition) is 5. The molecule has 0 atom stereocenters. The molecule has 0 aliphatic heterocycles. The van der Waals surface area contributed by atoms with Gasteiger partial charge in [-0.3, -0.25) is 4.79 Å². The standard InChI is InChI=1S/C24H36N2O2S/c1-2-3-4-5-6-7-8-9-10-11-12-13-14-15-16-18-21(27)23-25-26-24(29-23)22-19-17-20-28-22/h9-10,17,19-20H,2-8,11-16,18H2,1H3. The van der Waals surface area contributed by atoms with Gasteiger partial charge in [-0.25, -0.2) is 0 Å². The summed E-state index contributed by atoms with van der Waals surface area (Å²) in [5, 5.41) is 9.22. The van der Waals surface area contributed by atoms with E-state index in [4.69, 9.17) is 4.42 Å². The molecule has 0 unspecified atom stereocenters. The number of allylic oxidation sites excluding steroid dienone is 2. The smallest absolute Gasteiger partial charge is 0.193 e. The van der Waals surface area contributed by atoms with E-state index in [-0.39, 0.29) is 5.78 Å². The van der Waals surface area contributed by atoms with Crippen LogP contribution in [-0.4, -0.2) is 16.0 Å². The van der Waals surface area contributed by atoms with E-state index in [0.29, 0.717) is 22.2 Å². The lowest BCUT2D eigenvalue weighted by molar-refractivity contribution is 0.0978. The zero-order valence-corrected chi connectivity index (χ0v) is 18.7. The van der Waals surface area contributed by atoms with E-state index in [9.17, 15) is 4.79 Å². The molecule has 0 amide bonds. The summed E-state index contributed by atoms with van der Waals surface area (Å²) < 4.78 is 5.29. The van der Waals surface area contributed by atoms with Gasteiger partial charge in [-0.15, -0.1) is 10.2 Å². The Bertz CT molecular complexity index is 692. The molecule has 0 spiro atoms. The molecule has 0 aliphatic carbocycles. The number of carbonyl (C=O) groups excluding carboxylic acids is 1. The molecule has 0 saturated heterocycles. The fourth-order valence-electron chi connectivity index (χ4n) is 3.30. The summed E-state index contributed by atoms with van der Waals surface area (Å²) in [6.45, 7) is 2.27. The Morgan fingerprint density at radius 1 is 0.931 bits per heavy atom. The molecule has 5 heteroatoms. The van der Waals surface area contributed by atoms with Crippen LogP contribution in [0.3, 0.4) is 0 Å². The molecule has 2 heterocycles. The fraction of sp³-hybridized carbons (Fsp3) is 0.625. The first-order valence-corrected chi connectivity index (χ1v) is 12.2. The van der Waals surface area contributed by atoms with E-state index in [1.54, 1.807) is 6.26 Å². The van der Waals surface area contributed by atoms with Gasteiger partial charge >= 0.3 is 0 Å². The van der Waals surface area contributed by atoms with Crippen molar-refractivity contribution in [1.29, 1.82) is 0 Å². The van der Waals surface area contributed by atoms with Crippen molar-refractivity contribution in [3.8, 4) is 10.8 Å². The van der Waals surface area contributed by atoms with Crippen molar-refractivity contribution in [3.05, 3.63) is 35.6 Å². The van der Waals surface area contributed by atoms with Gasteiger partial charge in [0.15, 0.2) is 21.6 Å². The summed E-state index contributed by atoms with van der Waals surface area (Å²) in [5.74, 6) is 0.764. The second-order valence-electron chi connectivity index (χ2n) is 7.65. The first kappa shape index (κ1) is 23.5. The van der Waals surface area contributed by atoms with Crippen molar-refractivity contribution < 1.29 is 9.21 Å². The molecular weight excluding hydrogens is 380 g/mol. The third-order valence-corrected chi connectivity index (χ3v) is 6.04. The minimum Gasteiger partial charge on any atom is -0.462 e. The molecule has 0 radical (unpaired) electrons. The molecule has 0 aromatic carbocycles. The number of unbranched alkanes of at least 4 members (excludes halogenated alkanes) is 11. The van der Waals surface area contributed by atoms with Crippen molar-refractivity contribution in [2.45, 2.75) is 96.8 Å².